The molecule has 0 saturated carbocycles. The summed E-state index contributed by atoms with van der Waals surface area (Å²) < 4.78 is 5.40. The molecule has 0 heterocycles. The number of ether oxygens (including phenoxy) is 1. The average molecular weight is 230 g/mol. The van der Waals surface area contributed by atoms with Crippen molar-refractivity contribution in [3.63, 3.8) is 0 Å². The minimum absolute atomic E-state index is 0.0366. The standard InChI is InChI=1S/C10H12ClNO3/c1-2-5-15-10-4-3-9(12(13)14)6-8(10)7-11/h3-4,6H,2,5,7H2,1H3. The van der Waals surface area contributed by atoms with Crippen molar-refractivity contribution < 1.29 is 9.66 Å². The van der Waals surface area contributed by atoms with E-state index < -0.39 is 4.92 Å². The minimum Gasteiger partial charge on any atom is -0.493 e. The number of non-ortho nitro benzene ring substituents is 1. The Kier molecular flexibility index (Phi) is 4.37. The zero-order chi connectivity index (χ0) is 11.3. The number of nitrogens with zero attached hydrogens (tertiary/aromatic N) is 1. The molecule has 0 amide bonds. The number of nitro groups is 1. The van der Waals surface area contributed by atoms with Crippen LogP contribution >= 0.6 is 11.6 Å². The van der Waals surface area contributed by atoms with Gasteiger partial charge < -0.3 is 4.74 Å². The van der Waals surface area contributed by atoms with E-state index in [1.807, 2.05) is 6.92 Å². The van der Waals surface area contributed by atoms with E-state index in [1.165, 1.54) is 12.1 Å². The molecule has 4 nitrogen and oxygen atoms in total. The molecule has 0 saturated heterocycles. The zero-order valence-corrected chi connectivity index (χ0v) is 9.16. The Labute approximate surface area is 93.0 Å². The molecule has 0 atom stereocenters. The lowest BCUT2D eigenvalue weighted by Gasteiger charge is -2.08. The maximum Gasteiger partial charge on any atom is 0.270 e. The molecule has 0 unspecified atom stereocenters. The number of alkyl halides is 1. The summed E-state index contributed by atoms with van der Waals surface area (Å²) in [6.45, 7) is 2.58. The zero-order valence-electron chi connectivity index (χ0n) is 8.40. The van der Waals surface area contributed by atoms with Gasteiger partial charge in [0.1, 0.15) is 5.75 Å². The molecule has 15 heavy (non-hydrogen) atoms. The molecule has 0 radical (unpaired) electrons. The van der Waals surface area contributed by atoms with Crippen LogP contribution in [0.4, 0.5) is 5.69 Å². The van der Waals surface area contributed by atoms with Crippen molar-refractivity contribution in [3.05, 3.63) is 33.9 Å². The van der Waals surface area contributed by atoms with Gasteiger partial charge in [-0.25, -0.2) is 0 Å². The van der Waals surface area contributed by atoms with Gasteiger partial charge >= 0.3 is 0 Å². The maximum absolute atomic E-state index is 10.5. The van der Waals surface area contributed by atoms with Crippen molar-refractivity contribution in [1.82, 2.24) is 0 Å². The second-order valence-electron chi connectivity index (χ2n) is 3.03. The first-order chi connectivity index (χ1) is 7.19. The molecule has 0 aromatic heterocycles. The molecule has 0 aliphatic carbocycles. The fourth-order valence-electron chi connectivity index (χ4n) is 1.14. The van der Waals surface area contributed by atoms with Crippen LogP contribution in [-0.2, 0) is 5.88 Å². The highest BCUT2D eigenvalue weighted by molar-refractivity contribution is 6.17. The first kappa shape index (κ1) is 11.8. The summed E-state index contributed by atoms with van der Waals surface area (Å²) in [7, 11) is 0. The molecule has 0 aliphatic heterocycles. The van der Waals surface area contributed by atoms with Crippen LogP contribution in [0.25, 0.3) is 0 Å². The topological polar surface area (TPSA) is 52.4 Å². The van der Waals surface area contributed by atoms with Gasteiger partial charge in [-0.2, -0.15) is 0 Å². The Morgan fingerprint density at radius 2 is 2.27 bits per heavy atom. The van der Waals surface area contributed by atoms with Gasteiger partial charge in [-0.1, -0.05) is 6.92 Å². The molecule has 1 rings (SSSR count). The Bertz CT molecular complexity index is 355. The van der Waals surface area contributed by atoms with Gasteiger partial charge in [-0.05, 0) is 12.5 Å². The van der Waals surface area contributed by atoms with Gasteiger partial charge in [-0.15, -0.1) is 11.6 Å². The van der Waals surface area contributed by atoms with Crippen molar-refractivity contribution in [2.45, 2.75) is 19.2 Å². The largest absolute Gasteiger partial charge is 0.493 e. The van der Waals surface area contributed by atoms with E-state index in [-0.39, 0.29) is 11.6 Å². The van der Waals surface area contributed by atoms with Crippen LogP contribution in [0.5, 0.6) is 5.75 Å². The first-order valence-corrected chi connectivity index (χ1v) is 5.18. The third-order valence-electron chi connectivity index (χ3n) is 1.86. The predicted octanol–water partition coefficient (Wildman–Crippen LogP) is 3.12. The van der Waals surface area contributed by atoms with Gasteiger partial charge in [0, 0.05) is 17.7 Å². The van der Waals surface area contributed by atoms with Crippen LogP contribution in [-0.4, -0.2) is 11.5 Å². The highest BCUT2D eigenvalue weighted by atomic mass is 35.5. The smallest absolute Gasteiger partial charge is 0.270 e. The maximum atomic E-state index is 10.5. The Morgan fingerprint density at radius 1 is 1.53 bits per heavy atom. The van der Waals surface area contributed by atoms with Crippen molar-refractivity contribution in [3.8, 4) is 5.75 Å². The summed E-state index contributed by atoms with van der Waals surface area (Å²) in [4.78, 5) is 10.1. The summed E-state index contributed by atoms with van der Waals surface area (Å²) in [6, 6.07) is 4.45. The van der Waals surface area contributed by atoms with Gasteiger partial charge in [0.2, 0.25) is 0 Å². The third kappa shape index (κ3) is 3.09. The van der Waals surface area contributed by atoms with Crippen LogP contribution in [0.15, 0.2) is 18.2 Å². The number of rotatable bonds is 5. The molecule has 5 heteroatoms. The first-order valence-electron chi connectivity index (χ1n) is 4.65. The van der Waals surface area contributed by atoms with Gasteiger partial charge in [0.05, 0.1) is 17.4 Å². The SMILES string of the molecule is CCCOc1ccc([N+](=O)[O-])cc1CCl. The van der Waals surface area contributed by atoms with Crippen molar-refractivity contribution in [2.75, 3.05) is 6.61 Å². The van der Waals surface area contributed by atoms with E-state index in [0.29, 0.717) is 17.9 Å². The van der Waals surface area contributed by atoms with Crippen molar-refractivity contribution in [2.24, 2.45) is 0 Å². The summed E-state index contributed by atoms with van der Waals surface area (Å²) in [5.74, 6) is 0.832. The molecule has 0 bridgehead atoms. The summed E-state index contributed by atoms with van der Waals surface area (Å²) in [5, 5.41) is 10.5. The second kappa shape index (κ2) is 5.56. The number of nitro benzene ring substituents is 1. The highest BCUT2D eigenvalue weighted by Crippen LogP contribution is 2.25. The molecule has 0 aliphatic rings. The summed E-state index contributed by atoms with van der Waals surface area (Å²) in [6.07, 6.45) is 0.888. The Balaban J connectivity index is 2.93. The van der Waals surface area contributed by atoms with Gasteiger partial charge in [0.25, 0.3) is 5.69 Å². The number of hydrogen-bond donors (Lipinski definition) is 0. The Morgan fingerprint density at radius 3 is 2.80 bits per heavy atom. The monoisotopic (exact) mass is 229 g/mol. The lowest BCUT2D eigenvalue weighted by Crippen LogP contribution is -1.99. The Hall–Kier alpha value is -1.29. The molecule has 82 valence electrons. The number of benzene rings is 1. The fraction of sp³-hybridized carbons (Fsp3) is 0.400. The van der Waals surface area contributed by atoms with Crippen LogP contribution in [0.1, 0.15) is 18.9 Å². The molecule has 0 N–H and O–H groups in total. The van der Waals surface area contributed by atoms with Gasteiger partial charge in [-0.3, -0.25) is 10.1 Å². The van der Waals surface area contributed by atoms with Crippen molar-refractivity contribution >= 4 is 17.3 Å². The van der Waals surface area contributed by atoms with Crippen LogP contribution in [0.2, 0.25) is 0 Å². The summed E-state index contributed by atoms with van der Waals surface area (Å²) in [5.41, 5.74) is 0.689. The quantitative estimate of drug-likeness (QED) is 0.443. The molecule has 1 aromatic carbocycles. The van der Waals surface area contributed by atoms with E-state index in [1.54, 1.807) is 6.07 Å². The van der Waals surface area contributed by atoms with E-state index in [9.17, 15) is 10.1 Å². The molecular formula is C10H12ClNO3. The van der Waals surface area contributed by atoms with Crippen LogP contribution in [0.3, 0.4) is 0 Å². The highest BCUT2D eigenvalue weighted by Gasteiger charge is 2.10. The minimum atomic E-state index is -0.445. The number of hydrogen-bond acceptors (Lipinski definition) is 3. The van der Waals surface area contributed by atoms with Crippen LogP contribution in [0, 0.1) is 10.1 Å². The molecular weight excluding hydrogens is 218 g/mol. The lowest BCUT2D eigenvalue weighted by atomic mass is 10.2. The number of halogens is 1. The van der Waals surface area contributed by atoms with Crippen molar-refractivity contribution in [1.29, 1.82) is 0 Å². The van der Waals surface area contributed by atoms with Crippen LogP contribution < -0.4 is 4.74 Å². The predicted molar refractivity (Wildman–Crippen MR) is 58.4 cm³/mol. The summed E-state index contributed by atoms with van der Waals surface area (Å²) >= 11 is 5.69. The molecule has 0 spiro atoms. The fourth-order valence-corrected chi connectivity index (χ4v) is 1.35. The van der Waals surface area contributed by atoms with E-state index in [0.717, 1.165) is 6.42 Å². The third-order valence-corrected chi connectivity index (χ3v) is 2.15. The second-order valence-corrected chi connectivity index (χ2v) is 3.30. The lowest BCUT2D eigenvalue weighted by molar-refractivity contribution is -0.384. The van der Waals surface area contributed by atoms with E-state index in [4.69, 9.17) is 16.3 Å². The van der Waals surface area contributed by atoms with Gasteiger partial charge in [0.15, 0.2) is 0 Å². The normalized spacial score (nSPS) is 10.0. The van der Waals surface area contributed by atoms with E-state index in [2.05, 4.69) is 0 Å². The van der Waals surface area contributed by atoms with E-state index >= 15 is 0 Å². The average Bonchev–Trinajstić information content (AvgIpc) is 2.25. The molecule has 1 aromatic rings. The molecule has 0 fully saturated rings.